The summed E-state index contributed by atoms with van der Waals surface area (Å²) in [5.41, 5.74) is 0.216. The summed E-state index contributed by atoms with van der Waals surface area (Å²) in [7, 11) is 0. The van der Waals surface area contributed by atoms with Gasteiger partial charge in [-0.25, -0.2) is 4.98 Å². The molecule has 0 radical (unpaired) electrons. The molecule has 0 aliphatic heterocycles. The lowest BCUT2D eigenvalue weighted by molar-refractivity contribution is 0.0600. The van der Waals surface area contributed by atoms with Gasteiger partial charge in [-0.1, -0.05) is 13.0 Å². The molecule has 124 valence electrons. The number of nitrogens with zero attached hydrogens (tertiary/aromatic N) is 2. The topological polar surface area (TPSA) is 69.2 Å². The third-order valence-corrected chi connectivity index (χ3v) is 5.61. The Hall–Kier alpha value is -1.50. The molecule has 0 saturated carbocycles. The van der Waals surface area contributed by atoms with Crippen LogP contribution in [0, 0.1) is 0 Å². The summed E-state index contributed by atoms with van der Waals surface area (Å²) in [5.74, 6) is 0.657. The van der Waals surface area contributed by atoms with Crippen molar-refractivity contribution in [3.63, 3.8) is 0 Å². The van der Waals surface area contributed by atoms with E-state index in [0.717, 1.165) is 36.0 Å². The molecule has 3 rings (SSSR count). The summed E-state index contributed by atoms with van der Waals surface area (Å²) in [6, 6.07) is 0. The van der Waals surface area contributed by atoms with Crippen molar-refractivity contribution in [2.75, 3.05) is 13.1 Å². The van der Waals surface area contributed by atoms with Crippen LogP contribution in [0.25, 0.3) is 10.2 Å². The molecule has 0 bridgehead atoms. The number of likely N-dealkylation sites (N-methyl/N-ethyl adjacent to an activating group) is 1. The number of aliphatic hydroxyl groups is 1. The van der Waals surface area contributed by atoms with Crippen LogP contribution in [0.3, 0.4) is 0 Å². The number of aromatic amines is 1. The van der Waals surface area contributed by atoms with E-state index in [1.54, 1.807) is 24.3 Å². The van der Waals surface area contributed by atoms with Crippen molar-refractivity contribution in [3.8, 4) is 0 Å². The van der Waals surface area contributed by atoms with Crippen LogP contribution < -0.4 is 5.56 Å². The molecule has 2 heterocycles. The molecular weight excluding hydrogens is 310 g/mol. The number of thiophene rings is 1. The Kier molecular flexibility index (Phi) is 4.40. The second-order valence-electron chi connectivity index (χ2n) is 6.41. The van der Waals surface area contributed by atoms with Crippen LogP contribution in [-0.4, -0.2) is 38.7 Å². The minimum atomic E-state index is -0.954. The molecule has 0 saturated heterocycles. The molecular formula is C17H23N3O2S. The summed E-state index contributed by atoms with van der Waals surface area (Å²) in [6.45, 7) is 9.13. The van der Waals surface area contributed by atoms with Gasteiger partial charge < -0.3 is 10.1 Å². The second-order valence-corrected chi connectivity index (χ2v) is 7.50. The number of H-pyrrole nitrogens is 1. The molecule has 0 aromatic carbocycles. The van der Waals surface area contributed by atoms with Gasteiger partial charge in [0, 0.05) is 11.4 Å². The maximum absolute atomic E-state index is 12.5. The standard InChI is InChI=1S/C17H23N3O2S/c1-4-17(3,22)10-20(5-2)9-13-18-15(21)14-11-7-6-8-12(11)23-16(14)19-13/h4,22H,1,5-10H2,2-3H3,(H,18,19,21). The number of aromatic nitrogens is 2. The fourth-order valence-corrected chi connectivity index (χ4v) is 4.41. The van der Waals surface area contributed by atoms with Crippen molar-refractivity contribution in [2.24, 2.45) is 0 Å². The highest BCUT2D eigenvalue weighted by molar-refractivity contribution is 7.18. The van der Waals surface area contributed by atoms with Crippen LogP contribution in [0.2, 0.25) is 0 Å². The maximum Gasteiger partial charge on any atom is 0.259 e. The molecule has 23 heavy (non-hydrogen) atoms. The Morgan fingerprint density at radius 1 is 1.52 bits per heavy atom. The van der Waals surface area contributed by atoms with Crippen molar-refractivity contribution < 1.29 is 5.11 Å². The zero-order valence-corrected chi connectivity index (χ0v) is 14.5. The van der Waals surface area contributed by atoms with Crippen LogP contribution in [0.15, 0.2) is 17.4 Å². The molecule has 2 aromatic heterocycles. The first-order valence-electron chi connectivity index (χ1n) is 8.05. The Morgan fingerprint density at radius 3 is 3.00 bits per heavy atom. The number of hydrogen-bond donors (Lipinski definition) is 2. The Morgan fingerprint density at radius 2 is 2.30 bits per heavy atom. The lowest BCUT2D eigenvalue weighted by Crippen LogP contribution is -2.39. The maximum atomic E-state index is 12.5. The van der Waals surface area contributed by atoms with Gasteiger partial charge in [0.15, 0.2) is 0 Å². The Bertz CT molecular complexity index is 791. The minimum Gasteiger partial charge on any atom is -0.385 e. The lowest BCUT2D eigenvalue weighted by atomic mass is 10.1. The number of hydrogen-bond acceptors (Lipinski definition) is 5. The van der Waals surface area contributed by atoms with E-state index < -0.39 is 5.60 Å². The smallest absolute Gasteiger partial charge is 0.259 e. The molecule has 2 aromatic rings. The number of aryl methyl sites for hydroxylation is 2. The third-order valence-electron chi connectivity index (χ3n) is 4.43. The van der Waals surface area contributed by atoms with Crippen molar-refractivity contribution >= 4 is 21.6 Å². The normalized spacial score (nSPS) is 16.7. The molecule has 1 aliphatic rings. The molecule has 6 heteroatoms. The fourth-order valence-electron chi connectivity index (χ4n) is 3.13. The molecule has 0 amide bonds. The van der Waals surface area contributed by atoms with Crippen LogP contribution in [0.5, 0.6) is 0 Å². The molecule has 0 spiro atoms. The summed E-state index contributed by atoms with van der Waals surface area (Å²) >= 11 is 1.65. The van der Waals surface area contributed by atoms with E-state index in [1.807, 2.05) is 11.8 Å². The largest absolute Gasteiger partial charge is 0.385 e. The predicted molar refractivity (Wildman–Crippen MR) is 94.0 cm³/mol. The molecule has 2 N–H and O–H groups in total. The monoisotopic (exact) mass is 333 g/mol. The van der Waals surface area contributed by atoms with Gasteiger partial charge in [0.2, 0.25) is 0 Å². The van der Waals surface area contributed by atoms with E-state index in [2.05, 4.69) is 16.5 Å². The Balaban J connectivity index is 1.88. The first-order chi connectivity index (χ1) is 10.9. The lowest BCUT2D eigenvalue weighted by Gasteiger charge is -2.28. The van der Waals surface area contributed by atoms with E-state index in [4.69, 9.17) is 0 Å². The molecule has 1 aliphatic carbocycles. The number of nitrogens with one attached hydrogen (secondary N) is 1. The van der Waals surface area contributed by atoms with Gasteiger partial charge in [-0.15, -0.1) is 17.9 Å². The van der Waals surface area contributed by atoms with Gasteiger partial charge in [0.25, 0.3) is 5.56 Å². The van der Waals surface area contributed by atoms with Crippen molar-refractivity contribution in [1.29, 1.82) is 0 Å². The average Bonchev–Trinajstić information content (AvgIpc) is 3.06. The third kappa shape index (κ3) is 3.24. The summed E-state index contributed by atoms with van der Waals surface area (Å²) in [5, 5.41) is 10.9. The van der Waals surface area contributed by atoms with Crippen molar-refractivity contribution in [2.45, 2.75) is 45.3 Å². The highest BCUT2D eigenvalue weighted by atomic mass is 32.1. The molecule has 1 unspecified atom stereocenters. The zero-order valence-electron chi connectivity index (χ0n) is 13.7. The van der Waals surface area contributed by atoms with Gasteiger partial charge in [0.1, 0.15) is 10.7 Å². The zero-order chi connectivity index (χ0) is 16.6. The predicted octanol–water partition coefficient (Wildman–Crippen LogP) is 2.23. The van der Waals surface area contributed by atoms with Gasteiger partial charge in [-0.2, -0.15) is 0 Å². The molecule has 1 atom stereocenters. The van der Waals surface area contributed by atoms with Gasteiger partial charge in [-0.05, 0) is 38.3 Å². The fraction of sp³-hybridized carbons (Fsp3) is 0.529. The van der Waals surface area contributed by atoms with E-state index >= 15 is 0 Å². The first kappa shape index (κ1) is 16.4. The average molecular weight is 333 g/mol. The molecule has 5 nitrogen and oxygen atoms in total. The minimum absolute atomic E-state index is 0.0315. The van der Waals surface area contributed by atoms with Crippen molar-refractivity contribution in [1.82, 2.24) is 14.9 Å². The summed E-state index contributed by atoms with van der Waals surface area (Å²) in [4.78, 5) is 24.3. The van der Waals surface area contributed by atoms with E-state index in [1.165, 1.54) is 10.4 Å². The summed E-state index contributed by atoms with van der Waals surface area (Å²) < 4.78 is 0. The van der Waals surface area contributed by atoms with E-state index in [0.29, 0.717) is 18.9 Å². The molecule has 0 fully saturated rings. The number of rotatable bonds is 6. The van der Waals surface area contributed by atoms with Crippen molar-refractivity contribution in [3.05, 3.63) is 39.3 Å². The highest BCUT2D eigenvalue weighted by Crippen LogP contribution is 2.34. The van der Waals surface area contributed by atoms with E-state index in [-0.39, 0.29) is 5.56 Å². The number of fused-ring (bicyclic) bond motifs is 3. The highest BCUT2D eigenvalue weighted by Gasteiger charge is 2.23. The summed E-state index contributed by atoms with van der Waals surface area (Å²) in [6.07, 6.45) is 4.73. The first-order valence-corrected chi connectivity index (χ1v) is 8.87. The van der Waals surface area contributed by atoms with Gasteiger partial charge in [0.05, 0.1) is 17.5 Å². The van der Waals surface area contributed by atoms with Crippen LogP contribution >= 0.6 is 11.3 Å². The van der Waals surface area contributed by atoms with Crippen LogP contribution in [-0.2, 0) is 19.4 Å². The SMILES string of the molecule is C=CC(C)(O)CN(CC)Cc1nc2sc3c(c2c(=O)[nH]1)CCC3. The second kappa shape index (κ2) is 6.19. The van der Waals surface area contributed by atoms with Crippen LogP contribution in [0.4, 0.5) is 0 Å². The quantitative estimate of drug-likeness (QED) is 0.796. The Labute approximate surface area is 139 Å². The van der Waals surface area contributed by atoms with E-state index in [9.17, 15) is 9.90 Å². The van der Waals surface area contributed by atoms with Crippen LogP contribution in [0.1, 0.15) is 36.5 Å². The van der Waals surface area contributed by atoms with Gasteiger partial charge >= 0.3 is 0 Å². The van der Waals surface area contributed by atoms with Gasteiger partial charge in [-0.3, -0.25) is 9.69 Å².